The van der Waals surface area contributed by atoms with Crippen molar-refractivity contribution in [2.75, 3.05) is 0 Å². The lowest BCUT2D eigenvalue weighted by Gasteiger charge is -2.08. The molecule has 2 rings (SSSR count). The molecule has 0 radical (unpaired) electrons. The van der Waals surface area contributed by atoms with Gasteiger partial charge >= 0.3 is 0 Å². The van der Waals surface area contributed by atoms with Crippen LogP contribution in [0, 0.1) is 0 Å². The zero-order valence-electron chi connectivity index (χ0n) is 9.38. The van der Waals surface area contributed by atoms with Crippen LogP contribution in [0.5, 0.6) is 0 Å². The van der Waals surface area contributed by atoms with Crippen LogP contribution in [0.3, 0.4) is 0 Å². The lowest BCUT2D eigenvalue weighted by molar-refractivity contribution is 0.145. The van der Waals surface area contributed by atoms with Crippen molar-refractivity contribution in [2.24, 2.45) is 0 Å². The maximum atomic E-state index is 12.9. The minimum Gasteiger partial charge on any atom is -0.236 e. The Morgan fingerprint density at radius 1 is 1.16 bits per heavy atom. The van der Waals surface area contributed by atoms with E-state index in [0.29, 0.717) is 15.6 Å². The van der Waals surface area contributed by atoms with Gasteiger partial charge in [0.2, 0.25) is 0 Å². The largest absolute Gasteiger partial charge is 0.280 e. The molecule has 1 heterocycles. The second-order valence-corrected chi connectivity index (χ2v) is 4.75. The quantitative estimate of drug-likeness (QED) is 0.732. The van der Waals surface area contributed by atoms with Gasteiger partial charge in [0.05, 0.1) is 15.9 Å². The van der Waals surface area contributed by atoms with E-state index in [0.717, 1.165) is 0 Å². The molecule has 0 aliphatic carbocycles. The van der Waals surface area contributed by atoms with E-state index in [9.17, 15) is 8.78 Å². The van der Waals surface area contributed by atoms with E-state index in [1.807, 2.05) is 0 Å². The monoisotopic (exact) mass is 322 g/mol. The first-order chi connectivity index (χ1) is 9.02. The molecule has 0 spiro atoms. The highest BCUT2D eigenvalue weighted by molar-refractivity contribution is 6.42. The lowest BCUT2D eigenvalue weighted by Crippen LogP contribution is -2.01. The third kappa shape index (κ3) is 3.14. The van der Waals surface area contributed by atoms with Crippen molar-refractivity contribution in [3.05, 3.63) is 45.7 Å². The highest BCUT2D eigenvalue weighted by Crippen LogP contribution is 2.29. The summed E-state index contributed by atoms with van der Waals surface area (Å²) in [6.07, 6.45) is -1.42. The number of rotatable bonds is 3. The second-order valence-electron chi connectivity index (χ2n) is 3.67. The number of hydrogen-bond acceptors (Lipinski definition) is 2. The molecular formula is C12H7Cl3F2N2. The van der Waals surface area contributed by atoms with Gasteiger partial charge in [-0.25, -0.2) is 18.7 Å². The fourth-order valence-electron chi connectivity index (χ4n) is 1.49. The Kier molecular flexibility index (Phi) is 4.55. The molecule has 0 N–H and O–H groups in total. The molecule has 100 valence electrons. The van der Waals surface area contributed by atoms with Crippen molar-refractivity contribution in [1.29, 1.82) is 0 Å². The normalized spacial score (nSPS) is 11.1. The fraction of sp³-hybridized carbons (Fsp3) is 0.167. The van der Waals surface area contributed by atoms with E-state index < -0.39 is 6.43 Å². The standard InChI is InChI=1S/C12H7Cl3F2N2/c13-4-7-5-18-12(19-10(7)11(16)17)6-1-2-8(14)9(15)3-6/h1-3,5,11H,4H2. The first-order valence-electron chi connectivity index (χ1n) is 5.18. The second kappa shape index (κ2) is 5.99. The van der Waals surface area contributed by atoms with Crippen LogP contribution in [-0.4, -0.2) is 9.97 Å². The van der Waals surface area contributed by atoms with Crippen LogP contribution in [0.2, 0.25) is 10.0 Å². The Morgan fingerprint density at radius 2 is 1.89 bits per heavy atom. The Hall–Kier alpha value is -0.970. The molecule has 2 nitrogen and oxygen atoms in total. The van der Waals surface area contributed by atoms with Crippen molar-refractivity contribution in [3.63, 3.8) is 0 Å². The Morgan fingerprint density at radius 3 is 2.47 bits per heavy atom. The average molecular weight is 324 g/mol. The summed E-state index contributed by atoms with van der Waals surface area (Å²) in [4.78, 5) is 7.84. The topological polar surface area (TPSA) is 25.8 Å². The van der Waals surface area contributed by atoms with Gasteiger partial charge in [0.25, 0.3) is 6.43 Å². The summed E-state index contributed by atoms with van der Waals surface area (Å²) in [5.41, 5.74) is 0.351. The molecule has 0 amide bonds. The van der Waals surface area contributed by atoms with Gasteiger partial charge in [-0.3, -0.25) is 0 Å². The zero-order chi connectivity index (χ0) is 14.0. The molecule has 7 heteroatoms. The van der Waals surface area contributed by atoms with Crippen molar-refractivity contribution in [2.45, 2.75) is 12.3 Å². The predicted octanol–water partition coefficient (Wildman–Crippen LogP) is 5.13. The van der Waals surface area contributed by atoms with E-state index in [2.05, 4.69) is 9.97 Å². The highest BCUT2D eigenvalue weighted by atomic mass is 35.5. The molecule has 19 heavy (non-hydrogen) atoms. The number of hydrogen-bond donors (Lipinski definition) is 0. The van der Waals surface area contributed by atoms with Gasteiger partial charge in [0, 0.05) is 17.3 Å². The summed E-state index contributed by atoms with van der Waals surface area (Å²) in [5.74, 6) is 0.0872. The minimum atomic E-state index is -2.71. The molecular weight excluding hydrogens is 317 g/mol. The van der Waals surface area contributed by atoms with Gasteiger partial charge in [-0.05, 0) is 18.2 Å². The lowest BCUT2D eigenvalue weighted by atomic mass is 10.2. The van der Waals surface area contributed by atoms with E-state index in [-0.39, 0.29) is 23.0 Å². The molecule has 0 unspecified atom stereocenters. The van der Waals surface area contributed by atoms with Gasteiger partial charge in [0.1, 0.15) is 5.69 Å². The smallest absolute Gasteiger partial charge is 0.236 e. The van der Waals surface area contributed by atoms with Gasteiger partial charge in [-0.1, -0.05) is 23.2 Å². The molecule has 0 fully saturated rings. The first-order valence-corrected chi connectivity index (χ1v) is 6.47. The van der Waals surface area contributed by atoms with Crippen LogP contribution < -0.4 is 0 Å². The van der Waals surface area contributed by atoms with Gasteiger partial charge < -0.3 is 0 Å². The van der Waals surface area contributed by atoms with Gasteiger partial charge in [-0.15, -0.1) is 11.6 Å². The van der Waals surface area contributed by atoms with Crippen LogP contribution in [0.4, 0.5) is 8.78 Å². The summed E-state index contributed by atoms with van der Waals surface area (Å²) in [6.45, 7) is 0. The minimum absolute atomic E-state index is 0.0681. The van der Waals surface area contributed by atoms with Crippen molar-refractivity contribution >= 4 is 34.8 Å². The van der Waals surface area contributed by atoms with Gasteiger partial charge in [0.15, 0.2) is 5.82 Å². The molecule has 0 aliphatic heterocycles. The Bertz CT molecular complexity index is 606. The number of alkyl halides is 3. The fourth-order valence-corrected chi connectivity index (χ4v) is 1.99. The summed E-state index contributed by atoms with van der Waals surface area (Å²) in [6, 6.07) is 4.69. The third-order valence-corrected chi connectivity index (χ3v) is 3.45. The van der Waals surface area contributed by atoms with E-state index in [1.54, 1.807) is 12.1 Å². The Labute approximate surface area is 123 Å². The van der Waals surface area contributed by atoms with E-state index in [1.165, 1.54) is 12.3 Å². The maximum Gasteiger partial charge on any atom is 0.280 e. The first kappa shape index (κ1) is 14.4. The number of aromatic nitrogens is 2. The molecule has 0 aliphatic rings. The number of benzene rings is 1. The molecule has 1 aromatic heterocycles. The highest BCUT2D eigenvalue weighted by Gasteiger charge is 2.17. The van der Waals surface area contributed by atoms with Crippen LogP contribution in [0.25, 0.3) is 11.4 Å². The Balaban J connectivity index is 2.50. The number of nitrogens with zero attached hydrogens (tertiary/aromatic N) is 2. The SMILES string of the molecule is FC(F)c1nc(-c2ccc(Cl)c(Cl)c2)ncc1CCl. The summed E-state index contributed by atoms with van der Waals surface area (Å²) in [7, 11) is 0. The molecule has 0 atom stereocenters. The van der Waals surface area contributed by atoms with Crippen LogP contribution in [0.15, 0.2) is 24.4 Å². The van der Waals surface area contributed by atoms with Crippen LogP contribution in [-0.2, 0) is 5.88 Å². The van der Waals surface area contributed by atoms with E-state index >= 15 is 0 Å². The van der Waals surface area contributed by atoms with Crippen molar-refractivity contribution < 1.29 is 8.78 Å². The van der Waals surface area contributed by atoms with Gasteiger partial charge in [-0.2, -0.15) is 0 Å². The van der Waals surface area contributed by atoms with Crippen LogP contribution >= 0.6 is 34.8 Å². The predicted molar refractivity (Wildman–Crippen MR) is 72.0 cm³/mol. The molecule has 1 aromatic carbocycles. The maximum absolute atomic E-state index is 12.9. The summed E-state index contributed by atoms with van der Waals surface area (Å²) in [5, 5.41) is 0.680. The van der Waals surface area contributed by atoms with Crippen molar-refractivity contribution in [1.82, 2.24) is 9.97 Å². The van der Waals surface area contributed by atoms with Crippen LogP contribution in [0.1, 0.15) is 17.7 Å². The summed E-state index contributed by atoms with van der Waals surface area (Å²) < 4.78 is 25.7. The molecule has 0 saturated carbocycles. The average Bonchev–Trinajstić information content (AvgIpc) is 2.41. The zero-order valence-corrected chi connectivity index (χ0v) is 11.6. The third-order valence-electron chi connectivity index (χ3n) is 2.43. The molecule has 0 bridgehead atoms. The molecule has 0 saturated heterocycles. The molecule has 2 aromatic rings. The summed E-state index contributed by atoms with van der Waals surface area (Å²) >= 11 is 17.2. The van der Waals surface area contributed by atoms with Crippen molar-refractivity contribution in [3.8, 4) is 11.4 Å². The number of halogens is 5. The van der Waals surface area contributed by atoms with E-state index in [4.69, 9.17) is 34.8 Å².